The number of hydrogen-bond donors (Lipinski definition) is 2. The highest BCUT2D eigenvalue weighted by atomic mass is 19.4. The first kappa shape index (κ1) is 11.8. The van der Waals surface area contributed by atoms with Crippen LogP contribution in [0, 0.1) is 0 Å². The zero-order chi connectivity index (χ0) is 10.4. The van der Waals surface area contributed by atoms with E-state index in [0.717, 1.165) is 25.9 Å². The molecule has 1 unspecified atom stereocenters. The van der Waals surface area contributed by atoms with Crippen molar-refractivity contribution in [3.05, 3.63) is 0 Å². The van der Waals surface area contributed by atoms with E-state index >= 15 is 0 Å². The molecule has 0 aliphatic carbocycles. The van der Waals surface area contributed by atoms with Crippen LogP contribution in [0.1, 0.15) is 25.7 Å². The molecule has 5 heteroatoms. The van der Waals surface area contributed by atoms with E-state index < -0.39 is 12.6 Å². The van der Waals surface area contributed by atoms with Gasteiger partial charge in [-0.05, 0) is 32.4 Å². The zero-order valence-electron chi connectivity index (χ0n) is 8.16. The van der Waals surface area contributed by atoms with Crippen LogP contribution in [0.4, 0.5) is 13.2 Å². The van der Waals surface area contributed by atoms with Gasteiger partial charge in [0.25, 0.3) is 0 Å². The maximum absolute atomic E-state index is 11.8. The number of alkyl halides is 3. The monoisotopic (exact) mass is 210 g/mol. The lowest BCUT2D eigenvalue weighted by molar-refractivity contribution is -0.135. The maximum Gasteiger partial charge on any atom is 0.389 e. The maximum atomic E-state index is 11.8. The molecule has 1 heterocycles. The van der Waals surface area contributed by atoms with E-state index in [1.165, 1.54) is 0 Å². The van der Waals surface area contributed by atoms with Crippen LogP contribution in [0.2, 0.25) is 0 Å². The summed E-state index contributed by atoms with van der Waals surface area (Å²) < 4.78 is 35.3. The molecule has 1 aliphatic rings. The third kappa shape index (κ3) is 5.44. The average molecular weight is 210 g/mol. The van der Waals surface area contributed by atoms with Crippen molar-refractivity contribution in [1.29, 1.82) is 0 Å². The van der Waals surface area contributed by atoms with Gasteiger partial charge in [-0.15, -0.1) is 0 Å². The van der Waals surface area contributed by atoms with Crippen LogP contribution in [-0.2, 0) is 0 Å². The first-order valence-electron chi connectivity index (χ1n) is 5.09. The molecule has 1 saturated heterocycles. The molecule has 1 fully saturated rings. The van der Waals surface area contributed by atoms with Crippen LogP contribution in [0.15, 0.2) is 0 Å². The molecule has 0 bridgehead atoms. The number of hydrogen-bond acceptors (Lipinski definition) is 2. The van der Waals surface area contributed by atoms with E-state index in [0.29, 0.717) is 12.6 Å². The van der Waals surface area contributed by atoms with Gasteiger partial charge in [0, 0.05) is 19.0 Å². The van der Waals surface area contributed by atoms with Gasteiger partial charge in [-0.2, -0.15) is 13.2 Å². The van der Waals surface area contributed by atoms with Crippen LogP contribution in [0.5, 0.6) is 0 Å². The van der Waals surface area contributed by atoms with Gasteiger partial charge >= 0.3 is 6.18 Å². The molecule has 84 valence electrons. The highest BCUT2D eigenvalue weighted by Gasteiger charge is 2.26. The largest absolute Gasteiger partial charge is 0.389 e. The summed E-state index contributed by atoms with van der Waals surface area (Å²) in [4.78, 5) is 0. The summed E-state index contributed by atoms with van der Waals surface area (Å²) in [5.41, 5.74) is 0. The first-order chi connectivity index (χ1) is 6.58. The predicted octanol–water partition coefficient (Wildman–Crippen LogP) is 1.67. The molecule has 0 aromatic carbocycles. The van der Waals surface area contributed by atoms with Crippen LogP contribution in [-0.4, -0.2) is 31.9 Å². The topological polar surface area (TPSA) is 24.1 Å². The van der Waals surface area contributed by atoms with E-state index in [1.807, 2.05) is 0 Å². The lowest BCUT2D eigenvalue weighted by atomic mass is 10.1. The standard InChI is InChI=1S/C9H17F3N2/c10-9(11,12)4-2-6-14-8-3-1-5-13-7-8/h8,13-14H,1-7H2. The SMILES string of the molecule is FC(F)(F)CCCNC1CCCNC1. The first-order valence-corrected chi connectivity index (χ1v) is 5.09. The molecule has 1 atom stereocenters. The van der Waals surface area contributed by atoms with Crippen molar-refractivity contribution >= 4 is 0 Å². The van der Waals surface area contributed by atoms with Crippen molar-refractivity contribution in [2.75, 3.05) is 19.6 Å². The van der Waals surface area contributed by atoms with E-state index in [4.69, 9.17) is 0 Å². The fourth-order valence-corrected chi connectivity index (χ4v) is 1.62. The zero-order valence-corrected chi connectivity index (χ0v) is 8.16. The molecule has 2 nitrogen and oxygen atoms in total. The Labute approximate surface area is 82.2 Å². The summed E-state index contributed by atoms with van der Waals surface area (Å²) in [6, 6.07) is 0.358. The van der Waals surface area contributed by atoms with Crippen molar-refractivity contribution in [3.8, 4) is 0 Å². The minimum Gasteiger partial charge on any atom is -0.315 e. The van der Waals surface area contributed by atoms with Crippen LogP contribution >= 0.6 is 0 Å². The second-order valence-electron chi connectivity index (χ2n) is 3.72. The van der Waals surface area contributed by atoms with Crippen LogP contribution in [0.25, 0.3) is 0 Å². The van der Waals surface area contributed by atoms with Crippen molar-refractivity contribution in [1.82, 2.24) is 10.6 Å². The number of piperidine rings is 1. The molecule has 0 saturated carbocycles. The summed E-state index contributed by atoms with van der Waals surface area (Å²) in [6.07, 6.45) is -2.33. The fourth-order valence-electron chi connectivity index (χ4n) is 1.62. The van der Waals surface area contributed by atoms with Gasteiger partial charge in [-0.25, -0.2) is 0 Å². The Morgan fingerprint density at radius 3 is 2.71 bits per heavy atom. The second kappa shape index (κ2) is 5.56. The minimum atomic E-state index is -4.01. The fraction of sp³-hybridized carbons (Fsp3) is 1.00. The van der Waals surface area contributed by atoms with Crippen molar-refractivity contribution in [3.63, 3.8) is 0 Å². The average Bonchev–Trinajstić information content (AvgIpc) is 2.13. The second-order valence-corrected chi connectivity index (χ2v) is 3.72. The molecular formula is C9H17F3N2. The van der Waals surface area contributed by atoms with E-state index in [9.17, 15) is 13.2 Å². The Morgan fingerprint density at radius 2 is 2.14 bits per heavy atom. The highest BCUT2D eigenvalue weighted by molar-refractivity contribution is 4.74. The van der Waals surface area contributed by atoms with Gasteiger partial charge in [0.1, 0.15) is 0 Å². The van der Waals surface area contributed by atoms with Crippen molar-refractivity contribution in [2.24, 2.45) is 0 Å². The Bertz CT molecular complexity index is 153. The summed E-state index contributed by atoms with van der Waals surface area (Å²) in [5.74, 6) is 0. The van der Waals surface area contributed by atoms with Gasteiger partial charge in [0.05, 0.1) is 0 Å². The van der Waals surface area contributed by atoms with Gasteiger partial charge in [-0.3, -0.25) is 0 Å². The third-order valence-corrected chi connectivity index (χ3v) is 2.37. The normalized spacial score (nSPS) is 23.8. The highest BCUT2D eigenvalue weighted by Crippen LogP contribution is 2.20. The lowest BCUT2D eigenvalue weighted by Crippen LogP contribution is -2.43. The minimum absolute atomic E-state index is 0.181. The number of halogens is 3. The van der Waals surface area contributed by atoms with Crippen molar-refractivity contribution in [2.45, 2.75) is 37.9 Å². The Hall–Kier alpha value is -0.290. The summed E-state index contributed by atoms with van der Waals surface area (Å²) in [7, 11) is 0. The smallest absolute Gasteiger partial charge is 0.315 e. The Morgan fingerprint density at radius 1 is 1.36 bits per heavy atom. The Kier molecular flexibility index (Phi) is 4.68. The van der Waals surface area contributed by atoms with Gasteiger partial charge in [-0.1, -0.05) is 0 Å². The molecule has 14 heavy (non-hydrogen) atoms. The molecule has 2 N–H and O–H groups in total. The summed E-state index contributed by atoms with van der Waals surface area (Å²) in [6.45, 7) is 2.37. The quantitative estimate of drug-likeness (QED) is 0.690. The van der Waals surface area contributed by atoms with E-state index in [2.05, 4.69) is 10.6 Å². The summed E-state index contributed by atoms with van der Waals surface area (Å²) in [5, 5.41) is 6.34. The number of rotatable bonds is 4. The molecule has 1 aliphatic heterocycles. The molecular weight excluding hydrogens is 193 g/mol. The molecule has 0 amide bonds. The van der Waals surface area contributed by atoms with Crippen LogP contribution in [0.3, 0.4) is 0 Å². The third-order valence-electron chi connectivity index (χ3n) is 2.37. The van der Waals surface area contributed by atoms with Crippen LogP contribution < -0.4 is 10.6 Å². The van der Waals surface area contributed by atoms with Crippen molar-refractivity contribution < 1.29 is 13.2 Å². The van der Waals surface area contributed by atoms with Gasteiger partial charge in [0.2, 0.25) is 0 Å². The molecule has 1 rings (SSSR count). The van der Waals surface area contributed by atoms with Gasteiger partial charge in [0.15, 0.2) is 0 Å². The lowest BCUT2D eigenvalue weighted by Gasteiger charge is -2.23. The predicted molar refractivity (Wildman–Crippen MR) is 49.2 cm³/mol. The molecule has 0 spiro atoms. The van der Waals surface area contributed by atoms with E-state index in [-0.39, 0.29) is 6.42 Å². The van der Waals surface area contributed by atoms with E-state index in [1.54, 1.807) is 0 Å². The summed E-state index contributed by atoms with van der Waals surface area (Å²) >= 11 is 0. The molecule has 0 aromatic rings. The van der Waals surface area contributed by atoms with Gasteiger partial charge < -0.3 is 10.6 Å². The number of nitrogens with one attached hydrogen (secondary N) is 2. The molecule has 0 radical (unpaired) electrons. The molecule has 0 aromatic heterocycles. The Balaban J connectivity index is 1.97.